The van der Waals surface area contributed by atoms with Gasteiger partial charge in [-0.2, -0.15) is 5.06 Å². The number of carbonyl (C=O) groups is 1. The molecule has 4 atom stereocenters. The lowest BCUT2D eigenvalue weighted by Gasteiger charge is -2.34. The summed E-state index contributed by atoms with van der Waals surface area (Å²) >= 11 is 0. The van der Waals surface area contributed by atoms with Crippen molar-refractivity contribution >= 4 is 22.8 Å². The molecule has 12 heteroatoms. The first kappa shape index (κ1) is 23.2. The Morgan fingerprint density at radius 3 is 2.70 bits per heavy atom. The van der Waals surface area contributed by atoms with E-state index in [0.29, 0.717) is 5.56 Å². The molecule has 1 aromatic carbocycles. The molecule has 0 aliphatic carbocycles. The van der Waals surface area contributed by atoms with E-state index < -0.39 is 36.4 Å². The zero-order valence-electron chi connectivity index (χ0n) is 18.2. The number of aliphatic hydroxyl groups excluding tert-OH is 2. The van der Waals surface area contributed by atoms with E-state index in [4.69, 9.17) is 20.0 Å². The predicted molar refractivity (Wildman–Crippen MR) is 116 cm³/mol. The molecule has 3 aromatic rings. The number of rotatable bonds is 9. The van der Waals surface area contributed by atoms with Crippen molar-refractivity contribution in [1.29, 1.82) is 0 Å². The van der Waals surface area contributed by atoms with Gasteiger partial charge in [0.1, 0.15) is 36.5 Å². The normalized spacial score (nSPS) is 25.2. The van der Waals surface area contributed by atoms with Gasteiger partial charge < -0.3 is 25.4 Å². The van der Waals surface area contributed by atoms with Gasteiger partial charge in [-0.1, -0.05) is 30.3 Å². The number of nitrogens with zero attached hydrogens (tertiary/aromatic N) is 5. The highest BCUT2D eigenvalue weighted by Crippen LogP contribution is 2.42. The van der Waals surface area contributed by atoms with Crippen LogP contribution in [-0.2, 0) is 20.0 Å². The first-order chi connectivity index (χ1) is 15.9. The Morgan fingerprint density at radius 1 is 1.24 bits per heavy atom. The highest BCUT2D eigenvalue weighted by atomic mass is 16.7. The molecule has 3 heterocycles. The monoisotopic (exact) mass is 458 g/mol. The van der Waals surface area contributed by atoms with Crippen molar-refractivity contribution in [3.63, 3.8) is 0 Å². The third-order valence-corrected chi connectivity index (χ3v) is 5.40. The van der Waals surface area contributed by atoms with Gasteiger partial charge >= 0.3 is 0 Å². The molecule has 176 valence electrons. The molecule has 1 saturated heterocycles. The van der Waals surface area contributed by atoms with E-state index in [2.05, 4.69) is 15.0 Å². The van der Waals surface area contributed by atoms with Crippen LogP contribution in [0, 0.1) is 0 Å². The fraction of sp³-hybridized carbons (Fsp3) is 0.429. The summed E-state index contributed by atoms with van der Waals surface area (Å²) in [5, 5.41) is 22.4. The highest BCUT2D eigenvalue weighted by molar-refractivity contribution is 6.02. The van der Waals surface area contributed by atoms with Crippen LogP contribution < -0.4 is 5.73 Å². The molecule has 0 spiro atoms. The Kier molecular flexibility index (Phi) is 6.65. The minimum atomic E-state index is -1.93. The number of benzene rings is 1. The van der Waals surface area contributed by atoms with Crippen LogP contribution >= 0.6 is 0 Å². The van der Waals surface area contributed by atoms with Crippen molar-refractivity contribution in [2.24, 2.45) is 0 Å². The Hall–Kier alpha value is -3.00. The largest absolute Gasteiger partial charge is 0.394 e. The molecular weight excluding hydrogens is 432 g/mol. The number of nitrogens with two attached hydrogens (primary N) is 1. The maximum absolute atomic E-state index is 14.0. The molecule has 1 aliphatic rings. The van der Waals surface area contributed by atoms with E-state index in [-0.39, 0.29) is 30.2 Å². The number of ether oxygens (including phenoxy) is 2. The summed E-state index contributed by atoms with van der Waals surface area (Å²) in [6, 6.07) is 8.45. The number of fused-ring (bicyclic) bond motifs is 1. The average Bonchev–Trinajstić information content (AvgIpc) is 3.37. The lowest BCUT2D eigenvalue weighted by molar-refractivity contribution is -0.164. The lowest BCUT2D eigenvalue weighted by atomic mass is 9.93. The molecule has 2 aromatic heterocycles. The summed E-state index contributed by atoms with van der Waals surface area (Å²) in [5.74, 6) is -0.386. The molecule has 0 unspecified atom stereocenters. The van der Waals surface area contributed by atoms with Crippen LogP contribution in [0.1, 0.15) is 10.4 Å². The number of hydrogen-bond acceptors (Lipinski definition) is 11. The number of nitrogen functional groups attached to an aromatic ring is 1. The van der Waals surface area contributed by atoms with Crippen LogP contribution in [0.4, 0.5) is 5.82 Å². The van der Waals surface area contributed by atoms with Crippen LogP contribution in [0.2, 0.25) is 0 Å². The third-order valence-electron chi connectivity index (χ3n) is 5.40. The SMILES string of the molecule is CN(C)OCCO[C@@H]1[C@H](O)[C@@H](CO)O[C@@]1(C(=O)c1ccccc1)n1cnc2c(N)ncnc21. The molecule has 0 radical (unpaired) electrons. The molecule has 12 nitrogen and oxygen atoms in total. The summed E-state index contributed by atoms with van der Waals surface area (Å²) < 4.78 is 13.5. The van der Waals surface area contributed by atoms with Gasteiger partial charge in [0.2, 0.25) is 11.5 Å². The van der Waals surface area contributed by atoms with Crippen LogP contribution in [0.25, 0.3) is 11.2 Å². The first-order valence-electron chi connectivity index (χ1n) is 10.3. The summed E-state index contributed by atoms with van der Waals surface area (Å²) in [7, 11) is 3.45. The topological polar surface area (TPSA) is 158 Å². The number of hydroxylamine groups is 2. The lowest BCUT2D eigenvalue weighted by Crippen LogP contribution is -2.53. The number of aromatic nitrogens is 4. The number of ketones is 1. The smallest absolute Gasteiger partial charge is 0.241 e. The standard InChI is InChI=1S/C21H26N6O6/c1-26(2)32-9-8-31-18-16(29)14(10-28)33-21(18,17(30)13-6-4-3-5-7-13)27-12-25-15-19(22)23-11-24-20(15)27/h3-7,11-12,14,16,18,28-29H,8-10H2,1-2H3,(H2,22,23,24)/t14-,16-,18-,21-/m1/s1. The van der Waals surface area contributed by atoms with Crippen molar-refractivity contribution in [3.8, 4) is 0 Å². The Labute approximate surface area is 189 Å². The zero-order chi connectivity index (χ0) is 23.6. The second kappa shape index (κ2) is 9.47. The molecule has 0 saturated carbocycles. The van der Waals surface area contributed by atoms with Gasteiger partial charge in [0.25, 0.3) is 0 Å². The fourth-order valence-corrected chi connectivity index (χ4v) is 3.92. The van der Waals surface area contributed by atoms with Gasteiger partial charge in [0.05, 0.1) is 19.8 Å². The van der Waals surface area contributed by atoms with Crippen LogP contribution in [0.3, 0.4) is 0 Å². The van der Waals surface area contributed by atoms with Gasteiger partial charge in [-0.05, 0) is 0 Å². The molecule has 0 bridgehead atoms. The van der Waals surface area contributed by atoms with E-state index in [1.165, 1.54) is 22.3 Å². The second-order valence-corrected chi connectivity index (χ2v) is 7.70. The highest BCUT2D eigenvalue weighted by Gasteiger charge is 2.62. The maximum Gasteiger partial charge on any atom is 0.241 e. The molecule has 0 amide bonds. The van der Waals surface area contributed by atoms with Crippen molar-refractivity contribution in [2.45, 2.75) is 24.0 Å². The summed E-state index contributed by atoms with van der Waals surface area (Å²) in [6.45, 7) is -0.340. The average molecular weight is 458 g/mol. The Bertz CT molecular complexity index is 1110. The van der Waals surface area contributed by atoms with Gasteiger partial charge in [-0.3, -0.25) is 14.2 Å². The number of hydrogen-bond donors (Lipinski definition) is 3. The quantitative estimate of drug-likeness (QED) is 0.217. The van der Waals surface area contributed by atoms with Crippen molar-refractivity contribution < 1.29 is 29.3 Å². The number of aliphatic hydroxyl groups is 2. The van der Waals surface area contributed by atoms with E-state index in [9.17, 15) is 15.0 Å². The second-order valence-electron chi connectivity index (χ2n) is 7.70. The van der Waals surface area contributed by atoms with Gasteiger partial charge in [-0.25, -0.2) is 15.0 Å². The van der Waals surface area contributed by atoms with E-state index >= 15 is 0 Å². The molecule has 4 N–H and O–H groups in total. The Balaban J connectivity index is 1.86. The van der Waals surface area contributed by atoms with E-state index in [1.807, 2.05) is 0 Å². The molecule has 1 fully saturated rings. The summed E-state index contributed by atoms with van der Waals surface area (Å²) in [4.78, 5) is 31.8. The van der Waals surface area contributed by atoms with Gasteiger partial charge in [0, 0.05) is 19.7 Å². The first-order valence-corrected chi connectivity index (χ1v) is 10.3. The summed E-state index contributed by atoms with van der Waals surface area (Å²) in [6.07, 6.45) is -1.07. The maximum atomic E-state index is 14.0. The fourth-order valence-electron chi connectivity index (χ4n) is 3.92. The molecule has 1 aliphatic heterocycles. The Morgan fingerprint density at radius 2 is 2.00 bits per heavy atom. The van der Waals surface area contributed by atoms with Crippen molar-refractivity contribution in [1.82, 2.24) is 24.6 Å². The molecular formula is C21H26N6O6. The predicted octanol–water partition coefficient (Wildman–Crippen LogP) is -0.425. The van der Waals surface area contributed by atoms with Crippen LogP contribution in [0.15, 0.2) is 43.0 Å². The van der Waals surface area contributed by atoms with Crippen LogP contribution in [0.5, 0.6) is 0 Å². The number of anilines is 1. The minimum absolute atomic E-state index is 0.0367. The summed E-state index contributed by atoms with van der Waals surface area (Å²) in [5.41, 5.74) is 4.81. The van der Waals surface area contributed by atoms with E-state index in [0.717, 1.165) is 0 Å². The molecule has 4 rings (SSSR count). The van der Waals surface area contributed by atoms with Crippen molar-refractivity contribution in [3.05, 3.63) is 48.5 Å². The van der Waals surface area contributed by atoms with Crippen molar-refractivity contribution in [2.75, 3.05) is 39.6 Å². The van der Waals surface area contributed by atoms with E-state index in [1.54, 1.807) is 44.4 Å². The third kappa shape index (κ3) is 4.08. The minimum Gasteiger partial charge on any atom is -0.394 e. The van der Waals surface area contributed by atoms with Gasteiger partial charge in [0.15, 0.2) is 11.5 Å². The molecule has 33 heavy (non-hydrogen) atoms. The number of imidazole rings is 1. The van der Waals surface area contributed by atoms with Gasteiger partial charge in [-0.15, -0.1) is 0 Å². The number of carbonyl (C=O) groups excluding carboxylic acids is 1. The number of Topliss-reactive ketones (excluding diaryl/α,β-unsaturated/α-hetero) is 1. The zero-order valence-corrected chi connectivity index (χ0v) is 18.2. The van der Waals surface area contributed by atoms with Crippen LogP contribution in [-0.4, -0.2) is 92.8 Å².